The molecule has 0 radical (unpaired) electrons. The number of nitrogens with one attached hydrogen (secondary N) is 1. The molecule has 0 spiro atoms. The highest BCUT2D eigenvalue weighted by Crippen LogP contribution is 2.28. The van der Waals surface area contributed by atoms with Gasteiger partial charge in [-0.05, 0) is 24.3 Å². The molecule has 0 atom stereocenters. The normalized spacial score (nSPS) is 10.8. The summed E-state index contributed by atoms with van der Waals surface area (Å²) in [5, 5.41) is 0. The van der Waals surface area contributed by atoms with Gasteiger partial charge in [0.25, 0.3) is 0 Å². The molecule has 16 heavy (non-hydrogen) atoms. The zero-order valence-electron chi connectivity index (χ0n) is 8.44. The lowest BCUT2D eigenvalue weighted by Crippen LogP contribution is -1.77. The third-order valence-corrected chi connectivity index (χ3v) is 3.24. The summed E-state index contributed by atoms with van der Waals surface area (Å²) in [6.07, 6.45) is 1.81. The molecule has 3 aromatic rings. The molecule has 0 saturated carbocycles. The lowest BCUT2D eigenvalue weighted by molar-refractivity contribution is 1.40. The van der Waals surface area contributed by atoms with Crippen LogP contribution in [0.25, 0.3) is 22.3 Å². The van der Waals surface area contributed by atoms with Crippen LogP contribution in [0.1, 0.15) is 0 Å². The molecule has 0 amide bonds. The van der Waals surface area contributed by atoms with Crippen LogP contribution in [0.2, 0.25) is 0 Å². The molecule has 0 fully saturated rings. The van der Waals surface area contributed by atoms with Gasteiger partial charge >= 0.3 is 0 Å². The Bertz CT molecular complexity index is 610. The molecule has 1 N–H and O–H groups in total. The summed E-state index contributed by atoms with van der Waals surface area (Å²) in [7, 11) is 0. The molecule has 1 aromatic carbocycles. The Kier molecular flexibility index (Phi) is 2.26. The monoisotopic (exact) mass is 272 g/mol. The average molecular weight is 273 g/mol. The minimum absolute atomic E-state index is 0.994. The number of hydrogen-bond donors (Lipinski definition) is 1. The van der Waals surface area contributed by atoms with Gasteiger partial charge in [0.15, 0.2) is 0 Å². The second kappa shape index (κ2) is 3.76. The summed E-state index contributed by atoms with van der Waals surface area (Å²) in [6.45, 7) is 0. The fourth-order valence-electron chi connectivity index (χ4n) is 1.78. The lowest BCUT2D eigenvalue weighted by atomic mass is 10.2. The van der Waals surface area contributed by atoms with Gasteiger partial charge in [-0.2, -0.15) is 0 Å². The molecule has 0 aliphatic heterocycles. The maximum Gasteiger partial charge on any atom is 0.0885 e. The van der Waals surface area contributed by atoms with Gasteiger partial charge in [-0.25, -0.2) is 0 Å². The standard InChI is InChI=1S/C13H9BrN2/c14-10-5-2-1-4-9(10)12-8-13-11(16-12)6-3-7-15-13/h1-8,16H. The Morgan fingerprint density at radius 3 is 2.75 bits per heavy atom. The Balaban J connectivity index is 2.23. The van der Waals surface area contributed by atoms with Crippen molar-refractivity contribution in [3.63, 3.8) is 0 Å². The first kappa shape index (κ1) is 9.60. The van der Waals surface area contributed by atoms with E-state index in [1.807, 2.05) is 30.3 Å². The van der Waals surface area contributed by atoms with Crippen LogP contribution in [0.3, 0.4) is 0 Å². The predicted octanol–water partition coefficient (Wildman–Crippen LogP) is 3.99. The third-order valence-electron chi connectivity index (χ3n) is 2.55. The largest absolute Gasteiger partial charge is 0.353 e. The Hall–Kier alpha value is -1.61. The maximum atomic E-state index is 4.31. The first-order valence-electron chi connectivity index (χ1n) is 5.03. The highest BCUT2D eigenvalue weighted by Gasteiger charge is 2.05. The van der Waals surface area contributed by atoms with Crippen LogP contribution in [-0.4, -0.2) is 9.97 Å². The molecular weight excluding hydrogens is 264 g/mol. The Morgan fingerprint density at radius 2 is 1.94 bits per heavy atom. The van der Waals surface area contributed by atoms with E-state index in [0.29, 0.717) is 0 Å². The van der Waals surface area contributed by atoms with Crippen molar-refractivity contribution in [3.05, 3.63) is 53.1 Å². The van der Waals surface area contributed by atoms with Crippen molar-refractivity contribution in [2.24, 2.45) is 0 Å². The van der Waals surface area contributed by atoms with Crippen LogP contribution in [0, 0.1) is 0 Å². The first-order valence-corrected chi connectivity index (χ1v) is 5.82. The van der Waals surface area contributed by atoms with E-state index in [1.54, 1.807) is 6.20 Å². The molecule has 3 heteroatoms. The van der Waals surface area contributed by atoms with Crippen LogP contribution in [0.4, 0.5) is 0 Å². The summed E-state index contributed by atoms with van der Waals surface area (Å²) in [5.74, 6) is 0. The zero-order chi connectivity index (χ0) is 11.0. The van der Waals surface area contributed by atoms with Crippen LogP contribution >= 0.6 is 15.9 Å². The van der Waals surface area contributed by atoms with Crippen LogP contribution in [0.5, 0.6) is 0 Å². The second-order valence-electron chi connectivity index (χ2n) is 3.60. The molecule has 0 aliphatic rings. The zero-order valence-corrected chi connectivity index (χ0v) is 10.0. The topological polar surface area (TPSA) is 28.7 Å². The van der Waals surface area contributed by atoms with Gasteiger partial charge in [0, 0.05) is 21.9 Å². The molecule has 3 rings (SSSR count). The molecule has 2 heterocycles. The summed E-state index contributed by atoms with van der Waals surface area (Å²) >= 11 is 3.55. The number of aromatic amines is 1. The second-order valence-corrected chi connectivity index (χ2v) is 4.45. The number of H-pyrrole nitrogens is 1. The summed E-state index contributed by atoms with van der Waals surface area (Å²) in [4.78, 5) is 7.67. The van der Waals surface area contributed by atoms with E-state index >= 15 is 0 Å². The molecule has 0 bridgehead atoms. The van der Waals surface area contributed by atoms with Crippen molar-refractivity contribution < 1.29 is 0 Å². The van der Waals surface area contributed by atoms with Crippen molar-refractivity contribution in [1.82, 2.24) is 9.97 Å². The average Bonchev–Trinajstić information content (AvgIpc) is 2.73. The van der Waals surface area contributed by atoms with E-state index in [9.17, 15) is 0 Å². The number of nitrogens with zero attached hydrogens (tertiary/aromatic N) is 1. The van der Waals surface area contributed by atoms with E-state index in [-0.39, 0.29) is 0 Å². The molecule has 78 valence electrons. The van der Waals surface area contributed by atoms with Gasteiger partial charge in [-0.3, -0.25) is 4.98 Å². The fourth-order valence-corrected chi connectivity index (χ4v) is 2.28. The minimum Gasteiger partial charge on any atom is -0.353 e. The fraction of sp³-hybridized carbons (Fsp3) is 0. The number of aromatic nitrogens is 2. The number of fused-ring (bicyclic) bond motifs is 1. The third kappa shape index (κ3) is 1.53. The SMILES string of the molecule is Brc1ccccc1-c1cc2ncccc2[nH]1. The van der Waals surface area contributed by atoms with Crippen molar-refractivity contribution in [2.45, 2.75) is 0 Å². The quantitative estimate of drug-likeness (QED) is 0.713. The Morgan fingerprint density at radius 1 is 1.06 bits per heavy atom. The highest BCUT2D eigenvalue weighted by atomic mass is 79.9. The van der Waals surface area contributed by atoms with Crippen molar-refractivity contribution >= 4 is 27.0 Å². The van der Waals surface area contributed by atoms with Crippen LogP contribution in [0.15, 0.2) is 53.1 Å². The summed E-state index contributed by atoms with van der Waals surface area (Å²) < 4.78 is 1.08. The number of rotatable bonds is 1. The molecule has 0 aliphatic carbocycles. The number of halogens is 1. The van der Waals surface area contributed by atoms with Gasteiger partial charge in [-0.1, -0.05) is 34.1 Å². The highest BCUT2D eigenvalue weighted by molar-refractivity contribution is 9.10. The number of benzene rings is 1. The van der Waals surface area contributed by atoms with Gasteiger partial charge < -0.3 is 4.98 Å². The van der Waals surface area contributed by atoms with Gasteiger partial charge in [-0.15, -0.1) is 0 Å². The van der Waals surface area contributed by atoms with Gasteiger partial charge in [0.2, 0.25) is 0 Å². The number of pyridine rings is 1. The van der Waals surface area contributed by atoms with E-state index in [1.165, 1.54) is 0 Å². The van der Waals surface area contributed by atoms with Gasteiger partial charge in [0.1, 0.15) is 0 Å². The van der Waals surface area contributed by atoms with E-state index in [0.717, 1.165) is 26.8 Å². The maximum absolute atomic E-state index is 4.31. The van der Waals surface area contributed by atoms with Crippen molar-refractivity contribution in [2.75, 3.05) is 0 Å². The first-order chi connectivity index (χ1) is 7.84. The van der Waals surface area contributed by atoms with Crippen molar-refractivity contribution in [1.29, 1.82) is 0 Å². The smallest absolute Gasteiger partial charge is 0.0885 e. The van der Waals surface area contributed by atoms with Crippen molar-refractivity contribution in [3.8, 4) is 11.3 Å². The molecule has 0 unspecified atom stereocenters. The van der Waals surface area contributed by atoms with E-state index in [4.69, 9.17) is 0 Å². The molecular formula is C13H9BrN2. The van der Waals surface area contributed by atoms with Crippen LogP contribution in [-0.2, 0) is 0 Å². The van der Waals surface area contributed by atoms with Gasteiger partial charge in [0.05, 0.1) is 11.0 Å². The number of hydrogen-bond acceptors (Lipinski definition) is 1. The molecule has 2 nitrogen and oxygen atoms in total. The predicted molar refractivity (Wildman–Crippen MR) is 69.2 cm³/mol. The molecule has 2 aromatic heterocycles. The lowest BCUT2D eigenvalue weighted by Gasteiger charge is -1.99. The van der Waals surface area contributed by atoms with Crippen LogP contribution < -0.4 is 0 Å². The summed E-state index contributed by atoms with van der Waals surface area (Å²) in [6, 6.07) is 14.2. The van der Waals surface area contributed by atoms with E-state index in [2.05, 4.69) is 38.0 Å². The minimum atomic E-state index is 0.994. The Labute approximate surface area is 101 Å². The van der Waals surface area contributed by atoms with E-state index < -0.39 is 0 Å². The molecule has 0 saturated heterocycles. The summed E-state index contributed by atoms with van der Waals surface area (Å²) in [5.41, 5.74) is 4.29.